The number of esters is 1. The third kappa shape index (κ3) is 2.81. The smallest absolute Gasteiger partial charge is 0.330 e. The van der Waals surface area contributed by atoms with E-state index in [1.165, 1.54) is 4.90 Å². The van der Waals surface area contributed by atoms with Gasteiger partial charge in [-0.2, -0.15) is 0 Å². The molecule has 0 N–H and O–H groups in total. The maximum Gasteiger partial charge on any atom is 0.330 e. The average molecular weight is 237 g/mol. The van der Waals surface area contributed by atoms with Gasteiger partial charge in [0.25, 0.3) is 11.8 Å². The van der Waals surface area contributed by atoms with Gasteiger partial charge in [-0.25, -0.2) is 4.79 Å². The Morgan fingerprint density at radius 3 is 2.29 bits per heavy atom. The van der Waals surface area contributed by atoms with Gasteiger partial charge in [0.15, 0.2) is 0 Å². The van der Waals surface area contributed by atoms with Gasteiger partial charge in [-0.3, -0.25) is 14.5 Å². The maximum atomic E-state index is 11.6. The lowest BCUT2D eigenvalue weighted by molar-refractivity contribution is -0.138. The molecule has 1 aliphatic heterocycles. The third-order valence-corrected chi connectivity index (χ3v) is 2.63. The molecule has 0 aromatic carbocycles. The summed E-state index contributed by atoms with van der Waals surface area (Å²) in [6, 6.07) is 0. The molecule has 0 radical (unpaired) electrons. The summed E-state index contributed by atoms with van der Waals surface area (Å²) in [5.41, 5.74) is 0.969. The van der Waals surface area contributed by atoms with Gasteiger partial charge >= 0.3 is 5.97 Å². The first-order valence-corrected chi connectivity index (χ1v) is 5.32. The molecular weight excluding hydrogens is 222 g/mol. The molecule has 0 atom stereocenters. The summed E-state index contributed by atoms with van der Waals surface area (Å²) < 4.78 is 4.76. The van der Waals surface area contributed by atoms with Crippen molar-refractivity contribution in [2.24, 2.45) is 0 Å². The highest BCUT2D eigenvalue weighted by atomic mass is 16.5. The molecule has 1 rings (SSSR count). The summed E-state index contributed by atoms with van der Waals surface area (Å²) in [6.07, 6.45) is 1.50. The van der Waals surface area contributed by atoms with E-state index in [0.29, 0.717) is 17.6 Å². The van der Waals surface area contributed by atoms with Gasteiger partial charge in [0.1, 0.15) is 0 Å². The van der Waals surface area contributed by atoms with Crippen molar-refractivity contribution in [3.05, 3.63) is 23.8 Å². The number of nitrogens with zero attached hydrogens (tertiary/aromatic N) is 1. The van der Waals surface area contributed by atoms with E-state index in [1.54, 1.807) is 13.8 Å². The molecule has 1 heterocycles. The molecule has 0 aromatic heterocycles. The predicted octanol–water partition coefficient (Wildman–Crippen LogP) is 0.811. The average Bonchev–Trinajstić information content (AvgIpc) is 2.50. The zero-order valence-corrected chi connectivity index (χ0v) is 9.99. The SMILES string of the molecule is C=CC(=O)OCCCN1C(=O)C(C)=C(C)C1=O. The highest BCUT2D eigenvalue weighted by Gasteiger charge is 2.32. The van der Waals surface area contributed by atoms with Crippen molar-refractivity contribution in [2.75, 3.05) is 13.2 Å². The molecule has 17 heavy (non-hydrogen) atoms. The summed E-state index contributed by atoms with van der Waals surface area (Å²) >= 11 is 0. The second kappa shape index (κ2) is 5.43. The minimum atomic E-state index is -0.505. The molecule has 0 aliphatic carbocycles. The fourth-order valence-electron chi connectivity index (χ4n) is 1.48. The number of rotatable bonds is 5. The van der Waals surface area contributed by atoms with E-state index in [9.17, 15) is 14.4 Å². The van der Waals surface area contributed by atoms with Crippen LogP contribution in [-0.2, 0) is 19.1 Å². The van der Waals surface area contributed by atoms with E-state index in [4.69, 9.17) is 4.74 Å². The molecule has 0 saturated carbocycles. The highest BCUT2D eigenvalue weighted by Crippen LogP contribution is 2.19. The van der Waals surface area contributed by atoms with Gasteiger partial charge in [-0.05, 0) is 20.3 Å². The maximum absolute atomic E-state index is 11.6. The second-order valence-electron chi connectivity index (χ2n) is 3.74. The van der Waals surface area contributed by atoms with Crippen LogP contribution in [0.4, 0.5) is 0 Å². The Morgan fingerprint density at radius 2 is 1.82 bits per heavy atom. The topological polar surface area (TPSA) is 63.7 Å². The van der Waals surface area contributed by atoms with Gasteiger partial charge in [0.2, 0.25) is 0 Å². The van der Waals surface area contributed by atoms with Gasteiger partial charge in [-0.1, -0.05) is 6.58 Å². The predicted molar refractivity (Wildman–Crippen MR) is 60.9 cm³/mol. The largest absolute Gasteiger partial charge is 0.462 e. The summed E-state index contributed by atoms with van der Waals surface area (Å²) in [7, 11) is 0. The standard InChI is InChI=1S/C12H15NO4/c1-4-10(14)17-7-5-6-13-11(15)8(2)9(3)12(13)16/h4H,1,5-7H2,2-3H3. The van der Waals surface area contributed by atoms with Crippen LogP contribution in [0.25, 0.3) is 0 Å². The number of hydrogen-bond acceptors (Lipinski definition) is 4. The van der Waals surface area contributed by atoms with Crippen molar-refractivity contribution in [1.29, 1.82) is 0 Å². The van der Waals surface area contributed by atoms with Crippen LogP contribution in [-0.4, -0.2) is 35.8 Å². The summed E-state index contributed by atoms with van der Waals surface area (Å²) in [6.45, 7) is 6.95. The van der Waals surface area contributed by atoms with Crippen LogP contribution in [0.5, 0.6) is 0 Å². The fraction of sp³-hybridized carbons (Fsp3) is 0.417. The van der Waals surface area contributed by atoms with Crippen LogP contribution < -0.4 is 0 Å². The van der Waals surface area contributed by atoms with Crippen LogP contribution in [0.15, 0.2) is 23.8 Å². The van der Waals surface area contributed by atoms with E-state index >= 15 is 0 Å². The first kappa shape index (κ1) is 13.2. The normalized spacial score (nSPS) is 15.5. The number of amides is 2. The Morgan fingerprint density at radius 1 is 1.29 bits per heavy atom. The van der Waals surface area contributed by atoms with Crippen LogP contribution in [0.1, 0.15) is 20.3 Å². The van der Waals surface area contributed by atoms with Gasteiger partial charge in [0.05, 0.1) is 6.61 Å². The molecule has 5 nitrogen and oxygen atoms in total. The summed E-state index contributed by atoms with van der Waals surface area (Å²) in [5, 5.41) is 0. The lowest BCUT2D eigenvalue weighted by Crippen LogP contribution is -2.33. The summed E-state index contributed by atoms with van der Waals surface area (Å²) in [4.78, 5) is 35.2. The van der Waals surface area contributed by atoms with Crippen molar-refractivity contribution < 1.29 is 19.1 Å². The van der Waals surface area contributed by atoms with E-state index in [1.807, 2.05) is 0 Å². The molecule has 0 bridgehead atoms. The number of ether oxygens (including phenoxy) is 1. The molecular formula is C12H15NO4. The quantitative estimate of drug-likeness (QED) is 0.307. The Hall–Kier alpha value is -1.91. The van der Waals surface area contributed by atoms with Crippen LogP contribution in [0, 0.1) is 0 Å². The van der Waals surface area contributed by atoms with E-state index in [0.717, 1.165) is 6.08 Å². The van der Waals surface area contributed by atoms with Gasteiger partial charge < -0.3 is 4.74 Å². The Kier molecular flexibility index (Phi) is 4.20. The minimum absolute atomic E-state index is 0.167. The van der Waals surface area contributed by atoms with Crippen molar-refractivity contribution in [3.63, 3.8) is 0 Å². The molecule has 2 amide bonds. The van der Waals surface area contributed by atoms with E-state index in [2.05, 4.69) is 6.58 Å². The molecule has 92 valence electrons. The second-order valence-corrected chi connectivity index (χ2v) is 3.74. The van der Waals surface area contributed by atoms with Crippen molar-refractivity contribution in [1.82, 2.24) is 4.90 Å². The molecule has 0 unspecified atom stereocenters. The van der Waals surface area contributed by atoms with Gasteiger partial charge in [-0.15, -0.1) is 0 Å². The van der Waals surface area contributed by atoms with Crippen LogP contribution >= 0.6 is 0 Å². The highest BCUT2D eigenvalue weighted by molar-refractivity contribution is 6.18. The van der Waals surface area contributed by atoms with Crippen molar-refractivity contribution in [2.45, 2.75) is 20.3 Å². The Balaban J connectivity index is 2.40. The van der Waals surface area contributed by atoms with Crippen molar-refractivity contribution in [3.8, 4) is 0 Å². The number of carbonyl (C=O) groups is 3. The first-order valence-electron chi connectivity index (χ1n) is 5.32. The van der Waals surface area contributed by atoms with Crippen LogP contribution in [0.2, 0.25) is 0 Å². The fourth-order valence-corrected chi connectivity index (χ4v) is 1.48. The molecule has 0 aromatic rings. The van der Waals surface area contributed by atoms with E-state index < -0.39 is 5.97 Å². The minimum Gasteiger partial charge on any atom is -0.462 e. The molecule has 0 fully saturated rings. The zero-order chi connectivity index (χ0) is 13.0. The Bertz CT molecular complexity index is 385. The lowest BCUT2D eigenvalue weighted by Gasteiger charge is -2.14. The third-order valence-electron chi connectivity index (χ3n) is 2.63. The summed E-state index contributed by atoms with van der Waals surface area (Å²) in [5.74, 6) is -1.03. The zero-order valence-electron chi connectivity index (χ0n) is 9.99. The van der Waals surface area contributed by atoms with Gasteiger partial charge in [0, 0.05) is 23.8 Å². The first-order chi connectivity index (χ1) is 7.99. The van der Waals surface area contributed by atoms with Crippen molar-refractivity contribution >= 4 is 17.8 Å². The van der Waals surface area contributed by atoms with Crippen LogP contribution in [0.3, 0.4) is 0 Å². The molecule has 1 aliphatic rings. The van der Waals surface area contributed by atoms with E-state index in [-0.39, 0.29) is 25.0 Å². The number of imide groups is 1. The lowest BCUT2D eigenvalue weighted by atomic mass is 10.2. The number of carbonyl (C=O) groups excluding carboxylic acids is 3. The molecule has 0 spiro atoms. The Labute approximate surface area is 99.7 Å². The molecule has 5 heteroatoms. The monoisotopic (exact) mass is 237 g/mol. The molecule has 0 saturated heterocycles. The number of hydrogen-bond donors (Lipinski definition) is 0.